The molecule has 3 nitrogen and oxygen atoms in total. The maximum atomic E-state index is 10.5. The largest absolute Gasteiger partial charge is 0.497 e. The number of fused-ring (bicyclic) bond motifs is 1. The normalized spacial score (nSPS) is 36.3. The number of aliphatic hydroxyl groups excluding tert-OH is 1. The molecule has 1 fully saturated rings. The van der Waals surface area contributed by atoms with E-state index in [0.29, 0.717) is 18.3 Å². The van der Waals surface area contributed by atoms with Crippen LogP contribution >= 0.6 is 0 Å². The Labute approximate surface area is 120 Å². The molecule has 1 heterocycles. The van der Waals surface area contributed by atoms with Crippen molar-refractivity contribution in [2.24, 2.45) is 11.8 Å². The lowest BCUT2D eigenvalue weighted by Crippen LogP contribution is -2.50. The van der Waals surface area contributed by atoms with Gasteiger partial charge < -0.3 is 14.6 Å². The quantitative estimate of drug-likeness (QED) is 0.850. The van der Waals surface area contributed by atoms with E-state index in [1.807, 2.05) is 18.2 Å². The highest BCUT2D eigenvalue weighted by Crippen LogP contribution is 2.50. The van der Waals surface area contributed by atoms with E-state index in [-0.39, 0.29) is 5.60 Å². The summed E-state index contributed by atoms with van der Waals surface area (Å²) in [7, 11) is 1.65. The van der Waals surface area contributed by atoms with Gasteiger partial charge in [0.2, 0.25) is 0 Å². The monoisotopic (exact) mass is 276 g/mol. The van der Waals surface area contributed by atoms with Crippen LogP contribution in [0.25, 0.3) is 0 Å². The van der Waals surface area contributed by atoms with Crippen molar-refractivity contribution >= 4 is 0 Å². The molecule has 0 bridgehead atoms. The van der Waals surface area contributed by atoms with Crippen molar-refractivity contribution in [3.05, 3.63) is 23.8 Å². The Morgan fingerprint density at radius 1 is 1.35 bits per heavy atom. The second-order valence-corrected chi connectivity index (χ2v) is 6.45. The third-order valence-corrected chi connectivity index (χ3v) is 5.37. The van der Waals surface area contributed by atoms with Crippen LogP contribution < -0.4 is 9.47 Å². The van der Waals surface area contributed by atoms with Gasteiger partial charge in [-0.25, -0.2) is 0 Å². The third kappa shape index (κ3) is 2.08. The molecule has 110 valence electrons. The molecule has 2 aliphatic rings. The summed E-state index contributed by atoms with van der Waals surface area (Å²) in [5.74, 6) is 2.68. The average Bonchev–Trinajstić information content (AvgIpc) is 2.44. The maximum Gasteiger partial charge on any atom is 0.129 e. The van der Waals surface area contributed by atoms with E-state index in [1.54, 1.807) is 7.11 Å². The molecule has 0 saturated heterocycles. The molecule has 1 aromatic carbocycles. The Morgan fingerprint density at radius 2 is 2.15 bits per heavy atom. The molecule has 3 heteroatoms. The highest BCUT2D eigenvalue weighted by Gasteiger charge is 2.48. The first-order valence-electron chi connectivity index (χ1n) is 7.61. The van der Waals surface area contributed by atoms with Crippen LogP contribution in [-0.2, 0) is 0 Å². The van der Waals surface area contributed by atoms with E-state index in [2.05, 4.69) is 13.8 Å². The first-order chi connectivity index (χ1) is 9.55. The van der Waals surface area contributed by atoms with E-state index in [4.69, 9.17) is 9.47 Å². The minimum atomic E-state index is -0.433. The van der Waals surface area contributed by atoms with Crippen molar-refractivity contribution < 1.29 is 14.6 Å². The Bertz CT molecular complexity index is 499. The third-order valence-electron chi connectivity index (χ3n) is 5.37. The summed E-state index contributed by atoms with van der Waals surface area (Å²) in [5, 5.41) is 10.5. The van der Waals surface area contributed by atoms with Gasteiger partial charge >= 0.3 is 0 Å². The molecule has 3 rings (SSSR count). The Kier molecular flexibility index (Phi) is 3.41. The SMILES string of the molecule is COc1ccc2c(c1)OC1(CCCC(C)C1C)CC2O. The summed E-state index contributed by atoms with van der Waals surface area (Å²) in [6.45, 7) is 4.56. The van der Waals surface area contributed by atoms with Crippen molar-refractivity contribution in [3.63, 3.8) is 0 Å². The number of hydrogen-bond donors (Lipinski definition) is 1. The summed E-state index contributed by atoms with van der Waals surface area (Å²) in [4.78, 5) is 0. The summed E-state index contributed by atoms with van der Waals surface area (Å²) < 4.78 is 11.7. The van der Waals surface area contributed by atoms with Gasteiger partial charge in [-0.1, -0.05) is 20.3 Å². The number of ether oxygens (including phenoxy) is 2. The van der Waals surface area contributed by atoms with Crippen molar-refractivity contribution in [2.45, 2.75) is 51.2 Å². The molecule has 20 heavy (non-hydrogen) atoms. The fourth-order valence-electron chi connectivity index (χ4n) is 3.85. The van der Waals surface area contributed by atoms with Crippen LogP contribution in [-0.4, -0.2) is 17.8 Å². The highest BCUT2D eigenvalue weighted by molar-refractivity contribution is 5.44. The number of methoxy groups -OCH3 is 1. The fraction of sp³-hybridized carbons (Fsp3) is 0.647. The van der Waals surface area contributed by atoms with Gasteiger partial charge in [-0.3, -0.25) is 0 Å². The second kappa shape index (κ2) is 4.96. The van der Waals surface area contributed by atoms with Crippen LogP contribution in [0.15, 0.2) is 18.2 Å². The molecule has 0 radical (unpaired) electrons. The number of benzene rings is 1. The predicted molar refractivity (Wildman–Crippen MR) is 78.1 cm³/mol. The van der Waals surface area contributed by atoms with Crippen molar-refractivity contribution in [1.82, 2.24) is 0 Å². The molecule has 1 aliphatic heterocycles. The molecule has 0 aromatic heterocycles. The van der Waals surface area contributed by atoms with Gasteiger partial charge in [0.25, 0.3) is 0 Å². The van der Waals surface area contributed by atoms with Crippen LogP contribution in [0.5, 0.6) is 11.5 Å². The van der Waals surface area contributed by atoms with Crippen LogP contribution in [0.4, 0.5) is 0 Å². The van der Waals surface area contributed by atoms with Gasteiger partial charge in [0, 0.05) is 18.1 Å². The summed E-state index contributed by atoms with van der Waals surface area (Å²) >= 11 is 0. The molecule has 1 aromatic rings. The summed E-state index contributed by atoms with van der Waals surface area (Å²) in [5.41, 5.74) is 0.679. The van der Waals surface area contributed by atoms with E-state index in [1.165, 1.54) is 12.8 Å². The van der Waals surface area contributed by atoms with Crippen LogP contribution in [0.1, 0.15) is 51.2 Å². The molecule has 4 atom stereocenters. The summed E-state index contributed by atoms with van der Waals surface area (Å²) in [6, 6.07) is 5.71. The Balaban J connectivity index is 1.98. The Hall–Kier alpha value is -1.22. The Morgan fingerprint density at radius 3 is 2.90 bits per heavy atom. The van der Waals surface area contributed by atoms with Gasteiger partial charge in [0.05, 0.1) is 13.2 Å². The van der Waals surface area contributed by atoms with Crippen LogP contribution in [0.3, 0.4) is 0 Å². The molecule has 4 unspecified atom stereocenters. The lowest BCUT2D eigenvalue weighted by Gasteiger charge is -2.49. The smallest absolute Gasteiger partial charge is 0.129 e. The van der Waals surface area contributed by atoms with E-state index >= 15 is 0 Å². The molecular formula is C17H24O3. The molecular weight excluding hydrogens is 252 g/mol. The lowest BCUT2D eigenvalue weighted by molar-refractivity contribution is -0.0880. The minimum absolute atomic E-state index is 0.212. The molecule has 1 saturated carbocycles. The lowest BCUT2D eigenvalue weighted by atomic mass is 9.67. The van der Waals surface area contributed by atoms with Gasteiger partial charge in [-0.05, 0) is 36.8 Å². The topological polar surface area (TPSA) is 38.7 Å². The molecule has 1 spiro atoms. The minimum Gasteiger partial charge on any atom is -0.497 e. The highest BCUT2D eigenvalue weighted by atomic mass is 16.5. The molecule has 0 amide bonds. The molecule has 1 aliphatic carbocycles. The van der Waals surface area contributed by atoms with Gasteiger partial charge in [-0.2, -0.15) is 0 Å². The van der Waals surface area contributed by atoms with Gasteiger partial charge in [0.15, 0.2) is 0 Å². The number of hydrogen-bond acceptors (Lipinski definition) is 3. The summed E-state index contributed by atoms with van der Waals surface area (Å²) in [6.07, 6.45) is 3.74. The first kappa shape index (κ1) is 13.7. The zero-order chi connectivity index (χ0) is 14.3. The zero-order valence-electron chi connectivity index (χ0n) is 12.6. The van der Waals surface area contributed by atoms with Gasteiger partial charge in [-0.15, -0.1) is 0 Å². The standard InChI is InChI=1S/C17H24O3/c1-11-5-4-8-17(12(11)2)10-15(18)14-7-6-13(19-3)9-16(14)20-17/h6-7,9,11-12,15,18H,4-5,8,10H2,1-3H3. The van der Waals surface area contributed by atoms with Crippen LogP contribution in [0, 0.1) is 11.8 Å². The van der Waals surface area contributed by atoms with E-state index in [0.717, 1.165) is 23.5 Å². The second-order valence-electron chi connectivity index (χ2n) is 6.45. The number of aliphatic hydroxyl groups is 1. The van der Waals surface area contributed by atoms with Crippen LogP contribution in [0.2, 0.25) is 0 Å². The zero-order valence-corrected chi connectivity index (χ0v) is 12.6. The van der Waals surface area contributed by atoms with Crippen molar-refractivity contribution in [1.29, 1.82) is 0 Å². The predicted octanol–water partition coefficient (Wildman–Crippen LogP) is 3.71. The van der Waals surface area contributed by atoms with E-state index in [9.17, 15) is 5.11 Å². The molecule has 1 N–H and O–H groups in total. The van der Waals surface area contributed by atoms with Crippen molar-refractivity contribution in [2.75, 3.05) is 7.11 Å². The average molecular weight is 276 g/mol. The van der Waals surface area contributed by atoms with E-state index < -0.39 is 6.10 Å². The first-order valence-corrected chi connectivity index (χ1v) is 7.61. The van der Waals surface area contributed by atoms with Gasteiger partial charge in [0.1, 0.15) is 17.1 Å². The maximum absolute atomic E-state index is 10.5. The fourth-order valence-corrected chi connectivity index (χ4v) is 3.85. The number of rotatable bonds is 1. The van der Waals surface area contributed by atoms with Crippen molar-refractivity contribution in [3.8, 4) is 11.5 Å².